The molecule has 2 amide bonds. The minimum Gasteiger partial charge on any atom is -0.472 e. The van der Waals surface area contributed by atoms with E-state index in [1.54, 1.807) is 6.07 Å². The molecule has 0 bridgehead atoms. The van der Waals surface area contributed by atoms with Crippen molar-refractivity contribution in [3.63, 3.8) is 0 Å². The maximum atomic E-state index is 12.4. The van der Waals surface area contributed by atoms with Crippen molar-refractivity contribution in [3.8, 4) is 0 Å². The number of carbonyl (C=O) groups excluding carboxylic acids is 2. The van der Waals surface area contributed by atoms with Gasteiger partial charge in [0.25, 0.3) is 11.8 Å². The molecule has 1 saturated heterocycles. The van der Waals surface area contributed by atoms with Crippen LogP contribution in [0.15, 0.2) is 47.3 Å². The quantitative estimate of drug-likeness (QED) is 0.895. The van der Waals surface area contributed by atoms with Crippen LogP contribution in [0, 0.1) is 5.92 Å². The summed E-state index contributed by atoms with van der Waals surface area (Å²) in [5.41, 5.74) is 2.27. The van der Waals surface area contributed by atoms with Crippen LogP contribution in [0.3, 0.4) is 0 Å². The first-order chi connectivity index (χ1) is 12.5. The first kappa shape index (κ1) is 18.0. The molecule has 1 aliphatic rings. The fourth-order valence-electron chi connectivity index (χ4n) is 3.17. The Morgan fingerprint density at radius 2 is 1.96 bits per heavy atom. The summed E-state index contributed by atoms with van der Waals surface area (Å²) in [6.07, 6.45) is 4.78. The lowest BCUT2D eigenvalue weighted by molar-refractivity contribution is 0.0683. The zero-order chi connectivity index (χ0) is 18.5. The normalized spacial score (nSPS) is 14.9. The first-order valence-electron chi connectivity index (χ1n) is 8.91. The van der Waals surface area contributed by atoms with Crippen LogP contribution in [0.2, 0.25) is 0 Å². The Balaban J connectivity index is 1.47. The summed E-state index contributed by atoms with van der Waals surface area (Å²) in [5.74, 6) is 0.358. The topological polar surface area (TPSA) is 65.8 Å². The van der Waals surface area contributed by atoms with E-state index < -0.39 is 0 Å². The zero-order valence-corrected chi connectivity index (χ0v) is 15.3. The molecule has 1 fully saturated rings. The Kier molecular flexibility index (Phi) is 5.61. The van der Waals surface area contributed by atoms with E-state index in [-0.39, 0.29) is 11.8 Å². The number of nitrogens with zero attached hydrogens (tertiary/aromatic N) is 2. The molecule has 1 aliphatic heterocycles. The summed E-state index contributed by atoms with van der Waals surface area (Å²) in [6, 6.07) is 9.28. The molecule has 3 rings (SSSR count). The number of benzene rings is 1. The zero-order valence-electron chi connectivity index (χ0n) is 15.3. The van der Waals surface area contributed by atoms with E-state index in [4.69, 9.17) is 4.42 Å². The third-order valence-electron chi connectivity index (χ3n) is 4.85. The molecule has 138 valence electrons. The van der Waals surface area contributed by atoms with E-state index in [0.717, 1.165) is 18.5 Å². The van der Waals surface area contributed by atoms with Gasteiger partial charge in [0.2, 0.25) is 0 Å². The predicted molar refractivity (Wildman–Crippen MR) is 100 cm³/mol. The molecule has 6 nitrogen and oxygen atoms in total. The van der Waals surface area contributed by atoms with E-state index in [2.05, 4.69) is 5.32 Å². The molecule has 2 heterocycles. The molecular weight excluding hydrogens is 330 g/mol. The molecule has 1 aromatic heterocycles. The van der Waals surface area contributed by atoms with Gasteiger partial charge in [-0.3, -0.25) is 9.59 Å². The fraction of sp³-hybridized carbons (Fsp3) is 0.400. The number of rotatable bonds is 5. The van der Waals surface area contributed by atoms with Gasteiger partial charge >= 0.3 is 0 Å². The molecule has 0 unspecified atom stereocenters. The van der Waals surface area contributed by atoms with Crippen molar-refractivity contribution in [1.29, 1.82) is 0 Å². The highest BCUT2D eigenvalue weighted by Crippen LogP contribution is 2.19. The highest BCUT2D eigenvalue weighted by Gasteiger charge is 2.24. The Morgan fingerprint density at radius 3 is 2.62 bits per heavy atom. The standard InChI is InChI=1S/C20H25N3O3/c1-22(2)18-5-3-4-16(12-18)19(24)21-13-15-6-9-23(10-7-15)20(25)17-8-11-26-14-17/h3-5,8,11-12,14-15H,6-7,9-10,13H2,1-2H3,(H,21,24). The summed E-state index contributed by atoms with van der Waals surface area (Å²) in [4.78, 5) is 28.5. The highest BCUT2D eigenvalue weighted by atomic mass is 16.3. The lowest BCUT2D eigenvalue weighted by Crippen LogP contribution is -2.41. The molecule has 2 aromatic rings. The minimum atomic E-state index is -0.0504. The average Bonchev–Trinajstić information content (AvgIpc) is 3.21. The summed E-state index contributed by atoms with van der Waals surface area (Å²) in [7, 11) is 3.91. The van der Waals surface area contributed by atoms with Crippen LogP contribution in [-0.4, -0.2) is 50.4 Å². The van der Waals surface area contributed by atoms with E-state index in [9.17, 15) is 9.59 Å². The number of hydrogen-bond donors (Lipinski definition) is 1. The average molecular weight is 355 g/mol. The molecule has 1 aromatic carbocycles. The van der Waals surface area contributed by atoms with E-state index in [1.807, 2.05) is 48.2 Å². The van der Waals surface area contributed by atoms with Crippen LogP contribution in [0.5, 0.6) is 0 Å². The van der Waals surface area contributed by atoms with Gasteiger partial charge in [0, 0.05) is 45.0 Å². The van der Waals surface area contributed by atoms with Crippen molar-refractivity contribution in [3.05, 3.63) is 54.0 Å². The number of carbonyl (C=O) groups is 2. The molecule has 0 saturated carbocycles. The van der Waals surface area contributed by atoms with Crippen molar-refractivity contribution >= 4 is 17.5 Å². The second kappa shape index (κ2) is 8.08. The predicted octanol–water partition coefficient (Wildman–Crippen LogP) is 2.63. The third kappa shape index (κ3) is 4.25. The van der Waals surface area contributed by atoms with Gasteiger partial charge in [-0.2, -0.15) is 0 Å². The van der Waals surface area contributed by atoms with Crippen molar-refractivity contribution in [1.82, 2.24) is 10.2 Å². The Morgan fingerprint density at radius 1 is 1.19 bits per heavy atom. The van der Waals surface area contributed by atoms with Gasteiger partial charge in [-0.25, -0.2) is 0 Å². The Labute approximate surface area is 153 Å². The van der Waals surface area contributed by atoms with Crippen molar-refractivity contribution < 1.29 is 14.0 Å². The SMILES string of the molecule is CN(C)c1cccc(C(=O)NCC2CCN(C(=O)c3ccoc3)CC2)c1. The molecule has 0 aliphatic carbocycles. The lowest BCUT2D eigenvalue weighted by atomic mass is 9.96. The van der Waals surface area contributed by atoms with Gasteiger partial charge in [0.05, 0.1) is 11.8 Å². The highest BCUT2D eigenvalue weighted by molar-refractivity contribution is 5.95. The van der Waals surface area contributed by atoms with Crippen molar-refractivity contribution in [2.75, 3.05) is 38.6 Å². The van der Waals surface area contributed by atoms with Gasteiger partial charge in [0.15, 0.2) is 0 Å². The molecule has 6 heteroatoms. The maximum absolute atomic E-state index is 12.4. The second-order valence-electron chi connectivity index (χ2n) is 6.90. The minimum absolute atomic E-state index is 0.0155. The van der Waals surface area contributed by atoms with Gasteiger partial charge in [-0.1, -0.05) is 6.07 Å². The van der Waals surface area contributed by atoms with Crippen LogP contribution in [0.1, 0.15) is 33.6 Å². The maximum Gasteiger partial charge on any atom is 0.257 e. The summed E-state index contributed by atoms with van der Waals surface area (Å²) in [5, 5.41) is 3.03. The van der Waals surface area contributed by atoms with Crippen LogP contribution in [-0.2, 0) is 0 Å². The van der Waals surface area contributed by atoms with Crippen LogP contribution in [0.4, 0.5) is 5.69 Å². The number of hydrogen-bond acceptors (Lipinski definition) is 4. The number of likely N-dealkylation sites (tertiary alicyclic amines) is 1. The molecule has 0 atom stereocenters. The largest absolute Gasteiger partial charge is 0.472 e. The number of piperidine rings is 1. The fourth-order valence-corrected chi connectivity index (χ4v) is 3.17. The number of amides is 2. The van der Waals surface area contributed by atoms with E-state index >= 15 is 0 Å². The second-order valence-corrected chi connectivity index (χ2v) is 6.90. The molecular formula is C20H25N3O3. The van der Waals surface area contributed by atoms with E-state index in [1.165, 1.54) is 12.5 Å². The summed E-state index contributed by atoms with van der Waals surface area (Å²) in [6.45, 7) is 2.06. The number of nitrogens with one attached hydrogen (secondary N) is 1. The molecule has 26 heavy (non-hydrogen) atoms. The van der Waals surface area contributed by atoms with Crippen LogP contribution in [0.25, 0.3) is 0 Å². The Bertz CT molecular complexity index is 747. The van der Waals surface area contributed by atoms with Crippen molar-refractivity contribution in [2.45, 2.75) is 12.8 Å². The summed E-state index contributed by atoms with van der Waals surface area (Å²) < 4.78 is 4.98. The van der Waals surface area contributed by atoms with Gasteiger partial charge < -0.3 is 19.5 Å². The lowest BCUT2D eigenvalue weighted by Gasteiger charge is -2.31. The van der Waals surface area contributed by atoms with Crippen molar-refractivity contribution in [2.24, 2.45) is 5.92 Å². The molecule has 0 spiro atoms. The molecule has 1 N–H and O–H groups in total. The monoisotopic (exact) mass is 355 g/mol. The first-order valence-corrected chi connectivity index (χ1v) is 8.91. The molecule has 0 radical (unpaired) electrons. The third-order valence-corrected chi connectivity index (χ3v) is 4.85. The van der Waals surface area contributed by atoms with E-state index in [0.29, 0.717) is 36.7 Å². The van der Waals surface area contributed by atoms with Crippen LogP contribution >= 0.6 is 0 Å². The number of anilines is 1. The van der Waals surface area contributed by atoms with Gasteiger partial charge in [-0.05, 0) is 43.0 Å². The number of furan rings is 1. The smallest absolute Gasteiger partial charge is 0.257 e. The van der Waals surface area contributed by atoms with Gasteiger partial charge in [-0.15, -0.1) is 0 Å². The Hall–Kier alpha value is -2.76. The summed E-state index contributed by atoms with van der Waals surface area (Å²) >= 11 is 0. The van der Waals surface area contributed by atoms with Crippen LogP contribution < -0.4 is 10.2 Å². The van der Waals surface area contributed by atoms with Gasteiger partial charge in [0.1, 0.15) is 6.26 Å².